The number of anilines is 1. The molecule has 0 spiro atoms. The summed E-state index contributed by atoms with van der Waals surface area (Å²) in [6.07, 6.45) is 4.72. The summed E-state index contributed by atoms with van der Waals surface area (Å²) < 4.78 is 28.2. The normalized spacial score (nSPS) is 20.4. The van der Waals surface area contributed by atoms with Gasteiger partial charge in [-0.2, -0.15) is 0 Å². The van der Waals surface area contributed by atoms with Crippen molar-refractivity contribution in [3.63, 3.8) is 0 Å². The van der Waals surface area contributed by atoms with Crippen LogP contribution in [-0.2, 0) is 0 Å². The predicted octanol–water partition coefficient (Wildman–Crippen LogP) is 2.54. The predicted molar refractivity (Wildman–Crippen MR) is 117 cm³/mol. The first-order chi connectivity index (χ1) is 14.4. The van der Waals surface area contributed by atoms with E-state index in [1.165, 1.54) is 12.4 Å². The maximum atomic E-state index is 12.4. The van der Waals surface area contributed by atoms with Crippen LogP contribution < -0.4 is 9.62 Å². The number of nitrogens with zero attached hydrogens (tertiary/aromatic N) is 5. The molecule has 1 aliphatic heterocycles. The minimum absolute atomic E-state index is 0.295. The van der Waals surface area contributed by atoms with Crippen molar-refractivity contribution in [2.24, 2.45) is 0 Å². The van der Waals surface area contributed by atoms with Crippen LogP contribution in [0.25, 0.3) is 17.5 Å². The largest absolute Gasteiger partial charge is 0.351 e. The van der Waals surface area contributed by atoms with E-state index in [-0.39, 0.29) is 0 Å². The van der Waals surface area contributed by atoms with Crippen molar-refractivity contribution < 1.29 is 8.78 Å². The highest BCUT2D eigenvalue weighted by Crippen LogP contribution is 2.24. The number of imidazole rings is 1. The monoisotopic (exact) mass is 436 g/mol. The summed E-state index contributed by atoms with van der Waals surface area (Å²) in [4.78, 5) is 20.6. The van der Waals surface area contributed by atoms with Crippen molar-refractivity contribution in [1.82, 2.24) is 29.6 Å². The van der Waals surface area contributed by atoms with Crippen molar-refractivity contribution in [1.29, 1.82) is 5.41 Å². The lowest BCUT2D eigenvalue weighted by atomic mass is 10.1. The van der Waals surface area contributed by atoms with E-state index < -0.39 is 12.1 Å². The number of piperazine rings is 1. The summed E-state index contributed by atoms with van der Waals surface area (Å²) in [5.41, 5.74) is 0.567. The number of halogens is 2. The van der Waals surface area contributed by atoms with Gasteiger partial charge in [-0.3, -0.25) is 15.0 Å². The number of allylic oxidation sites excluding steroid dienone is 1. The van der Waals surface area contributed by atoms with Gasteiger partial charge < -0.3 is 9.88 Å². The highest BCUT2D eigenvalue weighted by atomic mass is 32.2. The summed E-state index contributed by atoms with van der Waals surface area (Å²) in [6.45, 7) is 4.82. The van der Waals surface area contributed by atoms with Gasteiger partial charge in [-0.1, -0.05) is 11.9 Å². The number of rotatable bonds is 8. The second-order valence-electron chi connectivity index (χ2n) is 7.18. The van der Waals surface area contributed by atoms with E-state index in [0.29, 0.717) is 29.3 Å². The molecule has 0 bridgehead atoms. The average molecular weight is 437 g/mol. The molecule has 3 rings (SSSR count). The lowest BCUT2D eigenvalue weighted by molar-refractivity contribution is 0.193. The molecule has 0 aromatic carbocycles. The van der Waals surface area contributed by atoms with Crippen LogP contribution in [0.4, 0.5) is 14.6 Å². The van der Waals surface area contributed by atoms with Gasteiger partial charge in [0, 0.05) is 37.8 Å². The maximum absolute atomic E-state index is 12.4. The molecular formula is C19H26F2N8S. The lowest BCUT2D eigenvalue weighted by Gasteiger charge is -2.44. The molecule has 3 N–H and O–H groups in total. The molecule has 2 aromatic heterocycles. The summed E-state index contributed by atoms with van der Waals surface area (Å²) >= 11 is 1.61. The van der Waals surface area contributed by atoms with Crippen LogP contribution >= 0.6 is 11.9 Å². The number of likely N-dealkylation sites (N-methyl/N-ethyl adjacent to an activating group) is 1. The maximum Gasteiger partial charge on any atom is 0.279 e. The molecule has 2 unspecified atom stereocenters. The van der Waals surface area contributed by atoms with Crippen LogP contribution in [0.15, 0.2) is 24.7 Å². The standard InChI is InChI=1S/C19H26F2N8S/c1-12-9-28(2)13(7-26-30-3)10-29(12)18-6-15(24-11-25-18)16-8-23-17(27-16)5-4-14(22)19(20)21/h4-6,8,11-13,19,22,26H,7,9-10H2,1-3H3,(H,23,27)/b5-4-,22-14?. The molecule has 2 atom stereocenters. The summed E-state index contributed by atoms with van der Waals surface area (Å²) in [5.74, 6) is 1.22. The molecule has 0 aliphatic carbocycles. The number of H-pyrrole nitrogens is 1. The Morgan fingerprint density at radius 3 is 2.93 bits per heavy atom. The van der Waals surface area contributed by atoms with Gasteiger partial charge in [-0.05, 0) is 32.4 Å². The molecule has 3 heterocycles. The van der Waals surface area contributed by atoms with Crippen molar-refractivity contribution >= 4 is 29.6 Å². The van der Waals surface area contributed by atoms with E-state index in [1.807, 2.05) is 12.3 Å². The molecule has 1 fully saturated rings. The lowest BCUT2D eigenvalue weighted by Crippen LogP contribution is -2.58. The van der Waals surface area contributed by atoms with E-state index in [9.17, 15) is 8.78 Å². The smallest absolute Gasteiger partial charge is 0.279 e. The van der Waals surface area contributed by atoms with Crippen molar-refractivity contribution in [3.8, 4) is 11.4 Å². The number of nitrogens with one attached hydrogen (secondary N) is 3. The van der Waals surface area contributed by atoms with Crippen LogP contribution in [0.2, 0.25) is 0 Å². The second kappa shape index (κ2) is 10.1. The Labute approximate surface area is 178 Å². The minimum atomic E-state index is -2.80. The highest BCUT2D eigenvalue weighted by Gasteiger charge is 2.30. The summed E-state index contributed by atoms with van der Waals surface area (Å²) in [7, 11) is 2.14. The first-order valence-electron chi connectivity index (χ1n) is 9.53. The van der Waals surface area contributed by atoms with Crippen molar-refractivity contribution in [2.75, 3.05) is 37.8 Å². The topological polar surface area (TPSA) is 96.8 Å². The van der Waals surface area contributed by atoms with E-state index in [0.717, 1.165) is 31.5 Å². The Morgan fingerprint density at radius 2 is 2.20 bits per heavy atom. The molecule has 0 amide bonds. The van der Waals surface area contributed by atoms with Crippen LogP contribution in [-0.4, -0.2) is 82.0 Å². The Hall–Kier alpha value is -2.37. The zero-order chi connectivity index (χ0) is 21.7. The zero-order valence-corrected chi connectivity index (χ0v) is 18.0. The molecule has 30 heavy (non-hydrogen) atoms. The van der Waals surface area contributed by atoms with Gasteiger partial charge in [0.05, 0.1) is 23.3 Å². The number of hydrogen-bond acceptors (Lipinski definition) is 8. The second-order valence-corrected chi connectivity index (χ2v) is 7.88. The highest BCUT2D eigenvalue weighted by molar-refractivity contribution is 7.96. The Balaban J connectivity index is 1.77. The number of alkyl halides is 2. The molecule has 162 valence electrons. The van der Waals surface area contributed by atoms with Crippen LogP contribution in [0.1, 0.15) is 12.7 Å². The number of aromatic amines is 1. The SMILES string of the molecule is CSNCC1CN(c2cc(-c3cnc(/C=C\C(=N)C(F)F)[nH]3)ncn2)C(C)CN1C. The van der Waals surface area contributed by atoms with Gasteiger partial charge in [0.1, 0.15) is 18.0 Å². The molecular weight excluding hydrogens is 410 g/mol. The van der Waals surface area contributed by atoms with Crippen LogP contribution in [0.3, 0.4) is 0 Å². The van der Waals surface area contributed by atoms with Gasteiger partial charge in [0.15, 0.2) is 0 Å². The number of hydrogen-bond donors (Lipinski definition) is 3. The van der Waals surface area contributed by atoms with Gasteiger partial charge in [0.25, 0.3) is 6.43 Å². The van der Waals surface area contributed by atoms with Gasteiger partial charge >= 0.3 is 0 Å². The van der Waals surface area contributed by atoms with E-state index in [2.05, 4.69) is 48.4 Å². The van der Waals surface area contributed by atoms with Gasteiger partial charge in [-0.25, -0.2) is 23.7 Å². The number of aromatic nitrogens is 4. The third-order valence-electron chi connectivity index (χ3n) is 5.05. The Morgan fingerprint density at radius 1 is 1.40 bits per heavy atom. The Bertz CT molecular complexity index is 887. The minimum Gasteiger partial charge on any atom is -0.351 e. The van der Waals surface area contributed by atoms with Crippen LogP contribution in [0.5, 0.6) is 0 Å². The molecule has 1 saturated heterocycles. The van der Waals surface area contributed by atoms with E-state index >= 15 is 0 Å². The van der Waals surface area contributed by atoms with Gasteiger partial charge in [0.2, 0.25) is 0 Å². The molecule has 0 radical (unpaired) electrons. The molecule has 8 nitrogen and oxygen atoms in total. The fraction of sp³-hybridized carbons (Fsp3) is 0.474. The first-order valence-corrected chi connectivity index (χ1v) is 10.8. The van der Waals surface area contributed by atoms with Crippen molar-refractivity contribution in [2.45, 2.75) is 25.4 Å². The van der Waals surface area contributed by atoms with E-state index in [1.54, 1.807) is 18.1 Å². The first kappa shape index (κ1) is 22.3. The quantitative estimate of drug-likeness (QED) is 0.432. The molecule has 0 saturated carbocycles. The molecule has 1 aliphatic rings. The average Bonchev–Trinajstić information content (AvgIpc) is 3.20. The fourth-order valence-electron chi connectivity index (χ4n) is 3.37. The Kier molecular flexibility index (Phi) is 7.51. The third kappa shape index (κ3) is 5.41. The van der Waals surface area contributed by atoms with Crippen LogP contribution in [0, 0.1) is 5.41 Å². The summed E-state index contributed by atoms with van der Waals surface area (Å²) in [6, 6.07) is 2.56. The molecule has 2 aromatic rings. The fourth-order valence-corrected chi connectivity index (χ4v) is 3.73. The van der Waals surface area contributed by atoms with Crippen molar-refractivity contribution in [3.05, 3.63) is 30.5 Å². The zero-order valence-electron chi connectivity index (χ0n) is 17.1. The third-order valence-corrected chi connectivity index (χ3v) is 5.51. The molecule has 11 heteroatoms. The van der Waals surface area contributed by atoms with Gasteiger partial charge in [-0.15, -0.1) is 0 Å². The van der Waals surface area contributed by atoms with E-state index in [4.69, 9.17) is 5.41 Å². The summed E-state index contributed by atoms with van der Waals surface area (Å²) in [5, 5.41) is 7.18.